The largest absolute Gasteiger partial charge is 0.497 e. The molecular weight excluding hydrogens is 282 g/mol. The smallest absolute Gasteiger partial charge is 0.376 e. The first-order valence-electron chi connectivity index (χ1n) is 6.61. The van der Waals surface area contributed by atoms with E-state index in [0.29, 0.717) is 17.1 Å². The minimum atomic E-state index is -0.642. The third-order valence-electron chi connectivity index (χ3n) is 2.98. The van der Waals surface area contributed by atoms with Crippen molar-refractivity contribution < 1.29 is 19.0 Å². The van der Waals surface area contributed by atoms with Crippen molar-refractivity contribution in [2.75, 3.05) is 14.2 Å². The van der Waals surface area contributed by atoms with E-state index in [-0.39, 0.29) is 11.5 Å². The lowest BCUT2D eigenvalue weighted by molar-refractivity contribution is -0.138. The number of rotatable bonds is 5. The van der Waals surface area contributed by atoms with Crippen LogP contribution in [0.3, 0.4) is 0 Å². The highest BCUT2D eigenvalue weighted by atomic mass is 16.6. The SMILES string of the molecule is COC(=O)/C(Oc1ccc(OC)cc1)=C(\N)c1ccccc1. The highest BCUT2D eigenvalue weighted by Crippen LogP contribution is 2.22. The van der Waals surface area contributed by atoms with Crippen molar-refractivity contribution in [2.45, 2.75) is 0 Å². The molecular formula is C17H17NO4. The highest BCUT2D eigenvalue weighted by molar-refractivity contribution is 5.95. The van der Waals surface area contributed by atoms with E-state index in [2.05, 4.69) is 0 Å². The molecule has 2 aromatic rings. The zero-order valence-corrected chi connectivity index (χ0v) is 12.4. The Morgan fingerprint density at radius 1 is 0.909 bits per heavy atom. The van der Waals surface area contributed by atoms with E-state index >= 15 is 0 Å². The summed E-state index contributed by atoms with van der Waals surface area (Å²) in [7, 11) is 2.85. The molecule has 0 unspecified atom stereocenters. The zero-order chi connectivity index (χ0) is 15.9. The molecule has 0 bridgehead atoms. The van der Waals surface area contributed by atoms with Gasteiger partial charge in [-0.3, -0.25) is 0 Å². The van der Waals surface area contributed by atoms with Crippen molar-refractivity contribution in [1.29, 1.82) is 0 Å². The fraction of sp³-hybridized carbons (Fsp3) is 0.118. The third kappa shape index (κ3) is 3.58. The second-order valence-electron chi connectivity index (χ2n) is 4.38. The standard InChI is InChI=1S/C17H17NO4/c1-20-13-8-10-14(11-9-13)22-16(17(19)21-2)15(18)12-6-4-3-5-7-12/h3-11H,18H2,1-2H3/b16-15+. The average molecular weight is 299 g/mol. The summed E-state index contributed by atoms with van der Waals surface area (Å²) in [5.41, 5.74) is 6.94. The van der Waals surface area contributed by atoms with Gasteiger partial charge in [0.1, 0.15) is 11.5 Å². The van der Waals surface area contributed by atoms with Crippen molar-refractivity contribution in [1.82, 2.24) is 0 Å². The molecule has 0 spiro atoms. The van der Waals surface area contributed by atoms with E-state index in [1.807, 2.05) is 18.2 Å². The summed E-state index contributed by atoms with van der Waals surface area (Å²) in [6, 6.07) is 15.9. The molecule has 2 aromatic carbocycles. The topological polar surface area (TPSA) is 70.8 Å². The van der Waals surface area contributed by atoms with Gasteiger partial charge in [0.05, 0.1) is 19.9 Å². The Morgan fingerprint density at radius 3 is 2.05 bits per heavy atom. The van der Waals surface area contributed by atoms with Crippen LogP contribution in [0.25, 0.3) is 5.70 Å². The van der Waals surface area contributed by atoms with E-state index in [0.717, 1.165) is 0 Å². The molecule has 0 atom stereocenters. The van der Waals surface area contributed by atoms with Gasteiger partial charge in [0.15, 0.2) is 0 Å². The molecule has 0 aliphatic rings. The molecule has 5 nitrogen and oxygen atoms in total. The number of hydrogen-bond acceptors (Lipinski definition) is 5. The van der Waals surface area contributed by atoms with Crippen LogP contribution in [0.1, 0.15) is 5.56 Å². The van der Waals surface area contributed by atoms with Crippen LogP contribution in [-0.2, 0) is 9.53 Å². The fourth-order valence-electron chi connectivity index (χ4n) is 1.81. The Hall–Kier alpha value is -2.95. The van der Waals surface area contributed by atoms with Crippen LogP contribution < -0.4 is 15.2 Å². The molecule has 0 radical (unpaired) electrons. The Labute approximate surface area is 128 Å². The number of benzene rings is 2. The third-order valence-corrected chi connectivity index (χ3v) is 2.98. The van der Waals surface area contributed by atoms with Gasteiger partial charge in [0, 0.05) is 5.56 Å². The predicted molar refractivity (Wildman–Crippen MR) is 83.2 cm³/mol. The van der Waals surface area contributed by atoms with Gasteiger partial charge in [-0.05, 0) is 24.3 Å². The van der Waals surface area contributed by atoms with Gasteiger partial charge in [-0.1, -0.05) is 30.3 Å². The van der Waals surface area contributed by atoms with Crippen LogP contribution in [-0.4, -0.2) is 20.2 Å². The van der Waals surface area contributed by atoms with E-state index in [1.54, 1.807) is 43.5 Å². The van der Waals surface area contributed by atoms with Crippen LogP contribution in [0, 0.1) is 0 Å². The Balaban J connectivity index is 2.35. The number of hydrogen-bond donors (Lipinski definition) is 1. The number of esters is 1. The second-order valence-corrected chi connectivity index (χ2v) is 4.38. The van der Waals surface area contributed by atoms with Gasteiger partial charge in [0.2, 0.25) is 5.76 Å². The van der Waals surface area contributed by atoms with Crippen LogP contribution >= 0.6 is 0 Å². The predicted octanol–water partition coefficient (Wildman–Crippen LogP) is 2.57. The van der Waals surface area contributed by atoms with Crippen molar-refractivity contribution in [3.05, 3.63) is 65.9 Å². The fourth-order valence-corrected chi connectivity index (χ4v) is 1.81. The van der Waals surface area contributed by atoms with E-state index < -0.39 is 5.97 Å². The first-order valence-corrected chi connectivity index (χ1v) is 6.61. The quantitative estimate of drug-likeness (QED) is 0.522. The monoisotopic (exact) mass is 299 g/mol. The van der Waals surface area contributed by atoms with E-state index in [4.69, 9.17) is 19.9 Å². The lowest BCUT2D eigenvalue weighted by Crippen LogP contribution is -2.17. The maximum absolute atomic E-state index is 11.9. The maximum atomic E-state index is 11.9. The highest BCUT2D eigenvalue weighted by Gasteiger charge is 2.18. The minimum absolute atomic E-state index is 0.0566. The Kier molecular flexibility index (Phi) is 5.03. The normalized spacial score (nSPS) is 11.4. The van der Waals surface area contributed by atoms with Crippen LogP contribution in [0.15, 0.2) is 60.4 Å². The van der Waals surface area contributed by atoms with Crippen LogP contribution in [0.2, 0.25) is 0 Å². The molecule has 2 N–H and O–H groups in total. The molecule has 0 aliphatic heterocycles. The molecule has 22 heavy (non-hydrogen) atoms. The Morgan fingerprint density at radius 2 is 1.50 bits per heavy atom. The maximum Gasteiger partial charge on any atom is 0.376 e. The summed E-state index contributed by atoms with van der Waals surface area (Å²) in [6.07, 6.45) is 0. The Bertz CT molecular complexity index is 663. The first-order chi connectivity index (χ1) is 10.7. The lowest BCUT2D eigenvalue weighted by Gasteiger charge is -2.12. The number of ether oxygens (including phenoxy) is 3. The number of carbonyl (C=O) groups excluding carboxylic acids is 1. The van der Waals surface area contributed by atoms with Gasteiger partial charge >= 0.3 is 5.97 Å². The van der Waals surface area contributed by atoms with Crippen molar-refractivity contribution in [3.63, 3.8) is 0 Å². The molecule has 0 amide bonds. The molecule has 0 fully saturated rings. The molecule has 0 saturated carbocycles. The van der Waals surface area contributed by atoms with Gasteiger partial charge in [0.25, 0.3) is 0 Å². The van der Waals surface area contributed by atoms with Crippen LogP contribution in [0.5, 0.6) is 11.5 Å². The summed E-state index contributed by atoms with van der Waals surface area (Å²) in [4.78, 5) is 11.9. The lowest BCUT2D eigenvalue weighted by atomic mass is 10.1. The van der Waals surface area contributed by atoms with E-state index in [9.17, 15) is 4.79 Å². The van der Waals surface area contributed by atoms with Crippen LogP contribution in [0.4, 0.5) is 0 Å². The first kappa shape index (κ1) is 15.4. The van der Waals surface area contributed by atoms with Crippen molar-refractivity contribution in [3.8, 4) is 11.5 Å². The van der Waals surface area contributed by atoms with Gasteiger partial charge in [-0.2, -0.15) is 0 Å². The second kappa shape index (κ2) is 7.17. The summed E-state index contributed by atoms with van der Waals surface area (Å²) in [5, 5.41) is 0. The van der Waals surface area contributed by atoms with Crippen molar-refractivity contribution in [2.24, 2.45) is 5.73 Å². The number of carbonyl (C=O) groups is 1. The summed E-state index contributed by atoms with van der Waals surface area (Å²) < 4.78 is 15.4. The average Bonchev–Trinajstić information content (AvgIpc) is 2.59. The number of nitrogens with two attached hydrogens (primary N) is 1. The molecule has 0 saturated heterocycles. The van der Waals surface area contributed by atoms with Crippen molar-refractivity contribution >= 4 is 11.7 Å². The molecule has 0 aromatic heterocycles. The van der Waals surface area contributed by atoms with Gasteiger partial charge < -0.3 is 19.9 Å². The molecule has 0 heterocycles. The summed E-state index contributed by atoms with van der Waals surface area (Å²) in [5.74, 6) is 0.447. The van der Waals surface area contributed by atoms with Gasteiger partial charge in [-0.25, -0.2) is 4.79 Å². The minimum Gasteiger partial charge on any atom is -0.497 e. The molecule has 114 valence electrons. The van der Waals surface area contributed by atoms with Gasteiger partial charge in [-0.15, -0.1) is 0 Å². The van der Waals surface area contributed by atoms with E-state index in [1.165, 1.54) is 7.11 Å². The molecule has 0 aliphatic carbocycles. The zero-order valence-electron chi connectivity index (χ0n) is 12.4. The number of methoxy groups -OCH3 is 2. The molecule has 2 rings (SSSR count). The summed E-state index contributed by atoms with van der Waals surface area (Å²) in [6.45, 7) is 0. The summed E-state index contributed by atoms with van der Waals surface area (Å²) >= 11 is 0. The molecule has 5 heteroatoms.